The van der Waals surface area contributed by atoms with Crippen molar-refractivity contribution in [1.29, 1.82) is 0 Å². The van der Waals surface area contributed by atoms with E-state index in [4.69, 9.17) is 0 Å². The number of nitrogens with zero attached hydrogens (tertiary/aromatic N) is 2. The lowest BCUT2D eigenvalue weighted by Crippen LogP contribution is -2.53. The minimum Gasteiger partial charge on any atom is -0.396 e. The summed E-state index contributed by atoms with van der Waals surface area (Å²) < 4.78 is 0.674. The van der Waals surface area contributed by atoms with Gasteiger partial charge in [0.15, 0.2) is 0 Å². The largest absolute Gasteiger partial charge is 0.396 e. The van der Waals surface area contributed by atoms with Gasteiger partial charge in [-0.25, -0.2) is 0 Å². The van der Waals surface area contributed by atoms with Crippen LogP contribution in [-0.2, 0) is 6.42 Å². The first-order chi connectivity index (χ1) is 15.0. The zero-order valence-electron chi connectivity index (χ0n) is 18.1. The van der Waals surface area contributed by atoms with E-state index in [1.54, 1.807) is 12.1 Å². The Morgan fingerprint density at radius 3 is 1.94 bits per heavy atom. The van der Waals surface area contributed by atoms with Gasteiger partial charge in [-0.1, -0.05) is 42.5 Å². The Labute approximate surface area is 184 Å². The Hall–Kier alpha value is -2.32. The van der Waals surface area contributed by atoms with Gasteiger partial charge >= 0.3 is 0 Å². The van der Waals surface area contributed by atoms with Crippen molar-refractivity contribution in [3.05, 3.63) is 75.8 Å². The van der Waals surface area contributed by atoms with Crippen molar-refractivity contribution < 1.29 is 24.7 Å². The Bertz CT molecular complexity index is 757. The van der Waals surface area contributed by atoms with E-state index in [2.05, 4.69) is 0 Å². The molecular formula is C24H35N2O5+. The van der Waals surface area contributed by atoms with Gasteiger partial charge in [0.05, 0.1) is 24.6 Å². The number of nitro benzene ring substituents is 1. The number of quaternary nitrogens is 1. The topological polar surface area (TPSA) is 104 Å². The van der Waals surface area contributed by atoms with Gasteiger partial charge < -0.3 is 19.8 Å². The van der Waals surface area contributed by atoms with Gasteiger partial charge in [-0.15, -0.1) is 0 Å². The molecule has 0 aliphatic carbocycles. The van der Waals surface area contributed by atoms with Crippen molar-refractivity contribution in [3.8, 4) is 0 Å². The molecule has 7 heteroatoms. The lowest BCUT2D eigenvalue weighted by Gasteiger charge is -2.41. The number of unbranched alkanes of at least 4 members (excludes halogenated alkanes) is 2. The summed E-state index contributed by atoms with van der Waals surface area (Å²) in [6.07, 6.45) is 3.23. The van der Waals surface area contributed by atoms with E-state index in [1.807, 2.05) is 30.3 Å². The first-order valence-corrected chi connectivity index (χ1v) is 11.0. The average Bonchev–Trinajstić information content (AvgIpc) is 2.79. The Morgan fingerprint density at radius 1 is 0.839 bits per heavy atom. The number of hydrogen-bond donors (Lipinski definition) is 3. The summed E-state index contributed by atoms with van der Waals surface area (Å²) >= 11 is 0. The summed E-state index contributed by atoms with van der Waals surface area (Å²) in [6.45, 7) is 3.25. The van der Waals surface area contributed by atoms with E-state index < -0.39 is 11.0 Å². The number of benzene rings is 2. The molecule has 0 aromatic heterocycles. The van der Waals surface area contributed by atoms with Gasteiger partial charge in [-0.3, -0.25) is 10.1 Å². The second kappa shape index (κ2) is 13.2. The van der Waals surface area contributed by atoms with E-state index in [-0.39, 0.29) is 18.9 Å². The molecule has 7 nitrogen and oxygen atoms in total. The normalized spacial score (nSPS) is 12.6. The standard InChI is InChI=1S/C24H35N2O5/c27-18-6-4-15-26(16-5-7-19-28,20-24(29)22-8-2-1-3-9-22)17-14-21-10-12-23(13-11-21)25(30)31/h1-3,8-13,24,27-29H,4-7,14-20H2/q+1. The lowest BCUT2D eigenvalue weighted by atomic mass is 10.0. The lowest BCUT2D eigenvalue weighted by molar-refractivity contribution is -0.931. The summed E-state index contributed by atoms with van der Waals surface area (Å²) in [7, 11) is 0. The molecule has 0 spiro atoms. The predicted molar refractivity (Wildman–Crippen MR) is 121 cm³/mol. The number of aliphatic hydroxyl groups is 3. The molecule has 1 unspecified atom stereocenters. The SMILES string of the molecule is O=[N+]([O-])c1ccc(CC[N+](CCCCO)(CCCCO)CC(O)c2ccccc2)cc1. The van der Waals surface area contributed by atoms with Crippen LogP contribution in [0.1, 0.15) is 42.9 Å². The first-order valence-electron chi connectivity index (χ1n) is 11.0. The third-order valence-corrected chi connectivity index (χ3v) is 5.85. The van der Waals surface area contributed by atoms with Crippen LogP contribution < -0.4 is 0 Å². The maximum atomic E-state index is 11.0. The van der Waals surface area contributed by atoms with E-state index in [0.717, 1.165) is 50.0 Å². The molecule has 0 saturated heterocycles. The molecule has 0 aliphatic heterocycles. The van der Waals surface area contributed by atoms with E-state index in [0.29, 0.717) is 23.9 Å². The maximum absolute atomic E-state index is 11.0. The number of nitro groups is 1. The summed E-state index contributed by atoms with van der Waals surface area (Å²) in [5, 5.41) is 40.4. The van der Waals surface area contributed by atoms with Crippen LogP contribution >= 0.6 is 0 Å². The highest BCUT2D eigenvalue weighted by Gasteiger charge is 2.30. The minimum atomic E-state index is -0.610. The third kappa shape index (κ3) is 8.38. The van der Waals surface area contributed by atoms with Gasteiger partial charge in [-0.2, -0.15) is 0 Å². The van der Waals surface area contributed by atoms with Crippen LogP contribution in [0.5, 0.6) is 0 Å². The van der Waals surface area contributed by atoms with Crippen LogP contribution in [0.4, 0.5) is 5.69 Å². The van der Waals surface area contributed by atoms with Crippen LogP contribution in [0.3, 0.4) is 0 Å². The highest BCUT2D eigenvalue weighted by molar-refractivity contribution is 5.32. The average molecular weight is 432 g/mol. The minimum absolute atomic E-state index is 0.0786. The molecule has 0 amide bonds. The zero-order valence-corrected chi connectivity index (χ0v) is 18.1. The number of hydrogen-bond acceptors (Lipinski definition) is 5. The molecule has 2 rings (SSSR count). The molecule has 0 fully saturated rings. The van der Waals surface area contributed by atoms with Crippen molar-refractivity contribution in [2.45, 2.75) is 38.2 Å². The van der Waals surface area contributed by atoms with Crippen LogP contribution in [0.2, 0.25) is 0 Å². The quantitative estimate of drug-likeness (QED) is 0.174. The molecule has 0 saturated carbocycles. The first kappa shape index (κ1) is 24.9. The molecule has 1 atom stereocenters. The maximum Gasteiger partial charge on any atom is 0.269 e. The molecule has 31 heavy (non-hydrogen) atoms. The number of non-ortho nitro benzene ring substituents is 1. The van der Waals surface area contributed by atoms with Crippen LogP contribution in [-0.4, -0.2) is 64.1 Å². The van der Waals surface area contributed by atoms with E-state index in [9.17, 15) is 25.4 Å². The molecule has 3 N–H and O–H groups in total. The Morgan fingerprint density at radius 2 is 1.42 bits per heavy atom. The van der Waals surface area contributed by atoms with Crippen molar-refractivity contribution >= 4 is 5.69 Å². The summed E-state index contributed by atoms with van der Waals surface area (Å²) in [4.78, 5) is 10.5. The van der Waals surface area contributed by atoms with Crippen LogP contribution in [0.25, 0.3) is 0 Å². The highest BCUT2D eigenvalue weighted by Crippen LogP contribution is 2.23. The fourth-order valence-corrected chi connectivity index (χ4v) is 4.03. The zero-order chi connectivity index (χ0) is 22.5. The molecule has 0 heterocycles. The fourth-order valence-electron chi connectivity index (χ4n) is 4.03. The number of rotatable bonds is 15. The molecule has 0 bridgehead atoms. The smallest absolute Gasteiger partial charge is 0.269 e. The van der Waals surface area contributed by atoms with Gasteiger partial charge in [0, 0.05) is 31.8 Å². The molecule has 2 aromatic carbocycles. The second-order valence-corrected chi connectivity index (χ2v) is 8.16. The molecule has 0 radical (unpaired) electrons. The predicted octanol–water partition coefficient (Wildman–Crippen LogP) is 3.23. The van der Waals surface area contributed by atoms with Crippen molar-refractivity contribution in [1.82, 2.24) is 0 Å². The van der Waals surface area contributed by atoms with Gasteiger partial charge in [0.25, 0.3) is 5.69 Å². The number of aliphatic hydroxyl groups excluding tert-OH is 3. The van der Waals surface area contributed by atoms with E-state index >= 15 is 0 Å². The third-order valence-electron chi connectivity index (χ3n) is 5.85. The second-order valence-electron chi connectivity index (χ2n) is 8.16. The Balaban J connectivity index is 2.19. The van der Waals surface area contributed by atoms with Crippen LogP contribution in [0, 0.1) is 10.1 Å². The molecular weight excluding hydrogens is 396 g/mol. The molecule has 0 aliphatic rings. The Kier molecular flexibility index (Phi) is 10.6. The van der Waals surface area contributed by atoms with Crippen molar-refractivity contribution in [2.24, 2.45) is 0 Å². The highest BCUT2D eigenvalue weighted by atomic mass is 16.6. The molecule has 170 valence electrons. The molecule has 2 aromatic rings. The van der Waals surface area contributed by atoms with Gasteiger partial charge in [-0.05, 0) is 36.8 Å². The fraction of sp³-hybridized carbons (Fsp3) is 0.500. The summed E-state index contributed by atoms with van der Waals surface area (Å²) in [6, 6.07) is 16.3. The monoisotopic (exact) mass is 431 g/mol. The van der Waals surface area contributed by atoms with Crippen molar-refractivity contribution in [2.75, 3.05) is 39.4 Å². The van der Waals surface area contributed by atoms with Crippen molar-refractivity contribution in [3.63, 3.8) is 0 Å². The summed E-state index contributed by atoms with van der Waals surface area (Å²) in [5.74, 6) is 0. The van der Waals surface area contributed by atoms with Crippen LogP contribution in [0.15, 0.2) is 54.6 Å². The van der Waals surface area contributed by atoms with Gasteiger partial charge in [0.1, 0.15) is 12.6 Å². The summed E-state index contributed by atoms with van der Waals surface area (Å²) in [5.41, 5.74) is 1.98. The van der Waals surface area contributed by atoms with E-state index in [1.165, 1.54) is 12.1 Å². The van der Waals surface area contributed by atoms with Gasteiger partial charge in [0.2, 0.25) is 0 Å².